The Labute approximate surface area is 123 Å². The summed E-state index contributed by atoms with van der Waals surface area (Å²) in [6.45, 7) is 0. The largest absolute Gasteiger partial charge is 0.454 e. The van der Waals surface area contributed by atoms with E-state index in [2.05, 4.69) is 22.0 Å². The van der Waals surface area contributed by atoms with E-state index in [0.717, 1.165) is 4.47 Å². The second-order valence-electron chi connectivity index (χ2n) is 3.43. The van der Waals surface area contributed by atoms with Crippen molar-refractivity contribution in [3.63, 3.8) is 0 Å². The fourth-order valence-corrected chi connectivity index (χ4v) is 2.16. The lowest BCUT2D eigenvalue weighted by molar-refractivity contribution is 0.481. The van der Waals surface area contributed by atoms with Crippen LogP contribution in [0.2, 0.25) is 10.0 Å². The molecular formula is C13H6BrCl2NO. The van der Waals surface area contributed by atoms with E-state index in [1.165, 1.54) is 0 Å². The van der Waals surface area contributed by atoms with Gasteiger partial charge in [-0.25, -0.2) is 0 Å². The smallest absolute Gasteiger partial charge is 0.146 e. The maximum atomic E-state index is 9.03. The highest BCUT2D eigenvalue weighted by atomic mass is 79.9. The minimum atomic E-state index is 0.398. The Balaban J connectivity index is 2.37. The molecule has 0 fully saturated rings. The van der Waals surface area contributed by atoms with Gasteiger partial charge in [-0.1, -0.05) is 39.1 Å². The van der Waals surface area contributed by atoms with Crippen molar-refractivity contribution in [2.75, 3.05) is 0 Å². The van der Waals surface area contributed by atoms with Crippen molar-refractivity contribution >= 4 is 39.1 Å². The van der Waals surface area contributed by atoms with Crippen LogP contribution in [-0.4, -0.2) is 0 Å². The highest BCUT2D eigenvalue weighted by Crippen LogP contribution is 2.33. The maximum Gasteiger partial charge on any atom is 0.146 e. The van der Waals surface area contributed by atoms with Crippen LogP contribution in [0.4, 0.5) is 0 Å². The first-order chi connectivity index (χ1) is 8.60. The molecule has 0 heterocycles. The van der Waals surface area contributed by atoms with E-state index in [1.54, 1.807) is 36.4 Å². The predicted molar refractivity (Wildman–Crippen MR) is 75.4 cm³/mol. The second kappa shape index (κ2) is 5.62. The monoisotopic (exact) mass is 341 g/mol. The average molecular weight is 343 g/mol. The van der Waals surface area contributed by atoms with Gasteiger partial charge in [-0.05, 0) is 36.4 Å². The number of ether oxygens (including phenoxy) is 1. The lowest BCUT2D eigenvalue weighted by Gasteiger charge is -2.09. The van der Waals surface area contributed by atoms with Gasteiger partial charge in [0.25, 0.3) is 0 Å². The Bertz CT molecular complexity index is 637. The molecule has 5 heteroatoms. The molecule has 0 bridgehead atoms. The molecule has 90 valence electrons. The summed E-state index contributed by atoms with van der Waals surface area (Å²) in [6.07, 6.45) is 0. The van der Waals surface area contributed by atoms with E-state index in [9.17, 15) is 0 Å². The number of hydrogen-bond donors (Lipinski definition) is 0. The summed E-state index contributed by atoms with van der Waals surface area (Å²) in [7, 11) is 0. The van der Waals surface area contributed by atoms with Gasteiger partial charge >= 0.3 is 0 Å². The van der Waals surface area contributed by atoms with Crippen LogP contribution in [0.25, 0.3) is 0 Å². The van der Waals surface area contributed by atoms with Gasteiger partial charge in [-0.3, -0.25) is 0 Å². The third kappa shape index (κ3) is 2.97. The normalized spacial score (nSPS) is 9.89. The van der Waals surface area contributed by atoms with Crippen LogP contribution in [0.15, 0.2) is 40.9 Å². The molecule has 0 radical (unpaired) electrons. The van der Waals surface area contributed by atoms with E-state index >= 15 is 0 Å². The zero-order valence-corrected chi connectivity index (χ0v) is 12.1. The van der Waals surface area contributed by atoms with E-state index in [4.69, 9.17) is 33.2 Å². The molecule has 0 saturated heterocycles. The van der Waals surface area contributed by atoms with Gasteiger partial charge in [0.05, 0.1) is 10.6 Å². The van der Waals surface area contributed by atoms with Gasteiger partial charge in [0.15, 0.2) is 0 Å². The van der Waals surface area contributed by atoms with Crippen molar-refractivity contribution in [2.45, 2.75) is 0 Å². The predicted octanol–water partition coefficient (Wildman–Crippen LogP) is 5.42. The topological polar surface area (TPSA) is 33.0 Å². The first kappa shape index (κ1) is 13.2. The van der Waals surface area contributed by atoms with Gasteiger partial charge in [0.1, 0.15) is 17.6 Å². The zero-order valence-electron chi connectivity index (χ0n) is 8.95. The molecule has 0 aliphatic carbocycles. The van der Waals surface area contributed by atoms with Crippen molar-refractivity contribution < 1.29 is 4.74 Å². The third-order valence-corrected chi connectivity index (χ3v) is 3.20. The number of nitriles is 1. The number of rotatable bonds is 2. The lowest BCUT2D eigenvalue weighted by atomic mass is 10.2. The van der Waals surface area contributed by atoms with E-state index in [-0.39, 0.29) is 0 Å². The minimum Gasteiger partial charge on any atom is -0.454 e. The summed E-state index contributed by atoms with van der Waals surface area (Å²) in [5.41, 5.74) is 0.426. The number of hydrogen-bond acceptors (Lipinski definition) is 2. The summed E-state index contributed by atoms with van der Waals surface area (Å²) in [4.78, 5) is 0. The molecule has 0 N–H and O–H groups in total. The first-order valence-corrected chi connectivity index (χ1v) is 6.47. The summed E-state index contributed by atoms with van der Waals surface area (Å²) >= 11 is 15.1. The summed E-state index contributed by atoms with van der Waals surface area (Å²) < 4.78 is 6.42. The Morgan fingerprint density at radius 2 is 1.78 bits per heavy atom. The molecule has 0 aliphatic rings. The van der Waals surface area contributed by atoms with Gasteiger partial charge in [0, 0.05) is 9.50 Å². The van der Waals surface area contributed by atoms with E-state index in [0.29, 0.717) is 27.1 Å². The molecule has 0 aliphatic heterocycles. The quantitative estimate of drug-likeness (QED) is 0.730. The SMILES string of the molecule is N#Cc1cc(Br)ccc1Oc1ccc(Cl)cc1Cl. The van der Waals surface area contributed by atoms with Gasteiger partial charge in [0.2, 0.25) is 0 Å². The van der Waals surface area contributed by atoms with Crippen LogP contribution in [0.3, 0.4) is 0 Å². The van der Waals surface area contributed by atoms with Crippen molar-refractivity contribution in [3.8, 4) is 17.6 Å². The maximum absolute atomic E-state index is 9.03. The standard InChI is InChI=1S/C13H6BrCl2NO/c14-9-1-3-12(8(5-9)7-17)18-13-4-2-10(15)6-11(13)16/h1-6H. The average Bonchev–Trinajstić information content (AvgIpc) is 2.34. The van der Waals surface area contributed by atoms with E-state index in [1.807, 2.05) is 0 Å². The molecule has 0 atom stereocenters. The molecule has 18 heavy (non-hydrogen) atoms. The van der Waals surface area contributed by atoms with Crippen molar-refractivity contribution in [1.82, 2.24) is 0 Å². The molecule has 0 unspecified atom stereocenters. The first-order valence-electron chi connectivity index (χ1n) is 4.92. The molecular weight excluding hydrogens is 337 g/mol. The number of halogens is 3. The van der Waals surface area contributed by atoms with Crippen molar-refractivity contribution in [2.24, 2.45) is 0 Å². The fraction of sp³-hybridized carbons (Fsp3) is 0. The highest BCUT2D eigenvalue weighted by Gasteiger charge is 2.08. The number of benzene rings is 2. The van der Waals surface area contributed by atoms with Crippen molar-refractivity contribution in [3.05, 3.63) is 56.5 Å². The summed E-state index contributed by atoms with van der Waals surface area (Å²) in [5, 5.41) is 9.96. The second-order valence-corrected chi connectivity index (χ2v) is 5.19. The molecule has 0 spiro atoms. The van der Waals surface area contributed by atoms with Gasteiger partial charge < -0.3 is 4.74 Å². The fourth-order valence-electron chi connectivity index (χ4n) is 1.36. The Hall–Kier alpha value is -1.21. The van der Waals surface area contributed by atoms with Crippen LogP contribution in [0.5, 0.6) is 11.5 Å². The summed E-state index contributed by atoms with van der Waals surface area (Å²) in [5.74, 6) is 0.907. The van der Waals surface area contributed by atoms with Crippen LogP contribution >= 0.6 is 39.1 Å². The Morgan fingerprint density at radius 1 is 1.06 bits per heavy atom. The van der Waals surface area contributed by atoms with Crippen LogP contribution < -0.4 is 4.74 Å². The van der Waals surface area contributed by atoms with Gasteiger partial charge in [-0.2, -0.15) is 5.26 Å². The third-order valence-electron chi connectivity index (χ3n) is 2.18. The Morgan fingerprint density at radius 3 is 2.44 bits per heavy atom. The molecule has 2 rings (SSSR count). The summed E-state index contributed by atoms with van der Waals surface area (Å²) in [6, 6.07) is 12.2. The Kier molecular flexibility index (Phi) is 4.13. The van der Waals surface area contributed by atoms with Crippen molar-refractivity contribution in [1.29, 1.82) is 5.26 Å². The van der Waals surface area contributed by atoms with E-state index < -0.39 is 0 Å². The molecule has 2 nitrogen and oxygen atoms in total. The molecule has 0 aromatic heterocycles. The van der Waals surface area contributed by atoms with Crippen LogP contribution in [0.1, 0.15) is 5.56 Å². The zero-order chi connectivity index (χ0) is 13.1. The minimum absolute atomic E-state index is 0.398. The van der Waals surface area contributed by atoms with Crippen LogP contribution in [0, 0.1) is 11.3 Å². The van der Waals surface area contributed by atoms with Gasteiger partial charge in [-0.15, -0.1) is 0 Å². The molecule has 2 aromatic carbocycles. The highest BCUT2D eigenvalue weighted by molar-refractivity contribution is 9.10. The lowest BCUT2D eigenvalue weighted by Crippen LogP contribution is -1.89. The molecule has 2 aromatic rings. The molecule has 0 saturated carbocycles. The van der Waals surface area contributed by atoms with Crippen LogP contribution in [-0.2, 0) is 0 Å². The number of nitrogens with zero attached hydrogens (tertiary/aromatic N) is 1. The molecule has 0 amide bonds.